The van der Waals surface area contributed by atoms with Gasteiger partial charge in [0.25, 0.3) is 0 Å². The van der Waals surface area contributed by atoms with Gasteiger partial charge in [0.15, 0.2) is 17.5 Å². The van der Waals surface area contributed by atoms with Crippen molar-refractivity contribution in [3.8, 4) is 5.75 Å². The zero-order valence-corrected chi connectivity index (χ0v) is 11.1. The molecule has 0 spiro atoms. The molecule has 0 aromatic carbocycles. The van der Waals surface area contributed by atoms with Crippen LogP contribution >= 0.6 is 0 Å². The van der Waals surface area contributed by atoms with Crippen molar-refractivity contribution in [2.24, 2.45) is 0 Å². The first kappa shape index (κ1) is 13.1. The molecule has 8 nitrogen and oxygen atoms in total. The number of anilines is 2. The number of methoxy groups -OCH3 is 1. The standard InChI is InChI=1S/C11H16N6O2/c1-4-12-10-9(18-3)11(15-6-14-10)13-5-8-16-7(2)17-19-8/h6H,4-5H2,1-3H3,(H2,12,13,14,15). The maximum absolute atomic E-state index is 5.31. The molecule has 0 bridgehead atoms. The Labute approximate surface area is 110 Å². The quantitative estimate of drug-likeness (QED) is 0.803. The van der Waals surface area contributed by atoms with Gasteiger partial charge in [-0.15, -0.1) is 0 Å². The van der Waals surface area contributed by atoms with Gasteiger partial charge < -0.3 is 19.9 Å². The Balaban J connectivity index is 2.13. The summed E-state index contributed by atoms with van der Waals surface area (Å²) >= 11 is 0. The van der Waals surface area contributed by atoms with Gasteiger partial charge in [-0.25, -0.2) is 9.97 Å². The lowest BCUT2D eigenvalue weighted by molar-refractivity contribution is 0.378. The van der Waals surface area contributed by atoms with Crippen molar-refractivity contribution in [2.75, 3.05) is 24.3 Å². The van der Waals surface area contributed by atoms with Gasteiger partial charge in [-0.05, 0) is 13.8 Å². The summed E-state index contributed by atoms with van der Waals surface area (Å²) in [6.07, 6.45) is 1.46. The summed E-state index contributed by atoms with van der Waals surface area (Å²) in [7, 11) is 1.57. The maximum Gasteiger partial charge on any atom is 0.245 e. The molecule has 0 amide bonds. The van der Waals surface area contributed by atoms with Crippen LogP contribution in [0.1, 0.15) is 18.6 Å². The van der Waals surface area contributed by atoms with Crippen LogP contribution in [0.15, 0.2) is 10.9 Å². The minimum atomic E-state index is 0.375. The third-order valence-electron chi connectivity index (χ3n) is 2.33. The molecule has 2 rings (SSSR count). The van der Waals surface area contributed by atoms with Crippen LogP contribution in [0.5, 0.6) is 5.75 Å². The van der Waals surface area contributed by atoms with Crippen LogP contribution in [-0.2, 0) is 6.54 Å². The highest BCUT2D eigenvalue weighted by Gasteiger charge is 2.12. The van der Waals surface area contributed by atoms with Crippen LogP contribution in [0.4, 0.5) is 11.6 Å². The molecule has 19 heavy (non-hydrogen) atoms. The number of aromatic nitrogens is 4. The van der Waals surface area contributed by atoms with E-state index in [-0.39, 0.29) is 0 Å². The van der Waals surface area contributed by atoms with E-state index in [1.807, 2.05) is 6.92 Å². The van der Waals surface area contributed by atoms with Crippen molar-refractivity contribution in [1.29, 1.82) is 0 Å². The minimum Gasteiger partial charge on any atom is -0.490 e. The van der Waals surface area contributed by atoms with Crippen molar-refractivity contribution >= 4 is 11.6 Å². The molecule has 2 heterocycles. The Bertz CT molecular complexity index is 542. The van der Waals surface area contributed by atoms with Gasteiger partial charge in [-0.3, -0.25) is 0 Å². The van der Waals surface area contributed by atoms with Crippen LogP contribution in [0, 0.1) is 6.92 Å². The van der Waals surface area contributed by atoms with E-state index < -0.39 is 0 Å². The first-order valence-corrected chi connectivity index (χ1v) is 5.90. The normalized spacial score (nSPS) is 10.3. The van der Waals surface area contributed by atoms with Crippen molar-refractivity contribution < 1.29 is 9.26 Å². The Kier molecular flexibility index (Phi) is 4.11. The monoisotopic (exact) mass is 264 g/mol. The molecule has 0 fully saturated rings. The fourth-order valence-electron chi connectivity index (χ4n) is 1.56. The van der Waals surface area contributed by atoms with Gasteiger partial charge in [-0.2, -0.15) is 4.98 Å². The van der Waals surface area contributed by atoms with E-state index in [1.54, 1.807) is 14.0 Å². The highest BCUT2D eigenvalue weighted by molar-refractivity contribution is 5.63. The minimum absolute atomic E-state index is 0.375. The molecule has 8 heteroatoms. The highest BCUT2D eigenvalue weighted by Crippen LogP contribution is 2.28. The van der Waals surface area contributed by atoms with Gasteiger partial charge in [0.1, 0.15) is 6.33 Å². The molecule has 0 radical (unpaired) electrons. The van der Waals surface area contributed by atoms with Crippen molar-refractivity contribution in [3.63, 3.8) is 0 Å². The summed E-state index contributed by atoms with van der Waals surface area (Å²) in [5.74, 6) is 2.86. The molecule has 0 saturated carbocycles. The van der Waals surface area contributed by atoms with Crippen molar-refractivity contribution in [2.45, 2.75) is 20.4 Å². The molecule has 0 aliphatic rings. The lowest BCUT2D eigenvalue weighted by Gasteiger charge is -2.12. The smallest absolute Gasteiger partial charge is 0.245 e. The number of nitrogens with one attached hydrogen (secondary N) is 2. The molecular formula is C11H16N6O2. The van der Waals surface area contributed by atoms with Crippen LogP contribution in [0.25, 0.3) is 0 Å². The number of nitrogens with zero attached hydrogens (tertiary/aromatic N) is 4. The van der Waals surface area contributed by atoms with Crippen LogP contribution in [0.2, 0.25) is 0 Å². The lowest BCUT2D eigenvalue weighted by atomic mass is 10.4. The molecule has 0 aliphatic carbocycles. The molecular weight excluding hydrogens is 248 g/mol. The topological polar surface area (TPSA) is 98.0 Å². The number of aryl methyl sites for hydroxylation is 1. The Morgan fingerprint density at radius 2 is 2.00 bits per heavy atom. The van der Waals surface area contributed by atoms with Crippen molar-refractivity contribution in [3.05, 3.63) is 18.0 Å². The first-order valence-electron chi connectivity index (χ1n) is 5.90. The summed E-state index contributed by atoms with van der Waals surface area (Å²) in [5.41, 5.74) is 0. The molecule has 2 aromatic heterocycles. The van der Waals surface area contributed by atoms with Gasteiger partial charge in [0.05, 0.1) is 13.7 Å². The lowest BCUT2D eigenvalue weighted by Crippen LogP contribution is -2.08. The van der Waals surface area contributed by atoms with E-state index in [0.29, 0.717) is 35.6 Å². The van der Waals surface area contributed by atoms with Gasteiger partial charge >= 0.3 is 0 Å². The fraction of sp³-hybridized carbons (Fsp3) is 0.455. The van der Waals surface area contributed by atoms with Crippen LogP contribution in [0.3, 0.4) is 0 Å². The second kappa shape index (κ2) is 5.98. The summed E-state index contributed by atoms with van der Waals surface area (Å²) in [4.78, 5) is 12.4. The van der Waals surface area contributed by atoms with Gasteiger partial charge in [-0.1, -0.05) is 5.16 Å². The van der Waals surface area contributed by atoms with E-state index >= 15 is 0 Å². The zero-order valence-electron chi connectivity index (χ0n) is 11.1. The van der Waals surface area contributed by atoms with Crippen LogP contribution in [-0.4, -0.2) is 33.8 Å². The molecule has 0 atom stereocenters. The first-order chi connectivity index (χ1) is 9.24. The molecule has 0 aliphatic heterocycles. The third-order valence-corrected chi connectivity index (χ3v) is 2.33. The molecule has 0 saturated heterocycles. The number of hydrogen-bond donors (Lipinski definition) is 2. The second-order valence-electron chi connectivity index (χ2n) is 3.72. The highest BCUT2D eigenvalue weighted by atomic mass is 16.5. The zero-order chi connectivity index (χ0) is 13.7. The summed E-state index contributed by atoms with van der Waals surface area (Å²) < 4.78 is 10.3. The average Bonchev–Trinajstić information content (AvgIpc) is 2.83. The average molecular weight is 264 g/mol. The second-order valence-corrected chi connectivity index (χ2v) is 3.72. The van der Waals surface area contributed by atoms with Gasteiger partial charge in [0, 0.05) is 6.54 Å². The Hall–Kier alpha value is -2.38. The summed E-state index contributed by atoms with van der Waals surface area (Å²) in [5, 5.41) is 9.90. The predicted octanol–water partition coefficient (Wildman–Crippen LogP) is 1.22. The largest absolute Gasteiger partial charge is 0.490 e. The summed E-state index contributed by atoms with van der Waals surface area (Å²) in [6.45, 7) is 4.87. The van der Waals surface area contributed by atoms with E-state index in [2.05, 4.69) is 30.7 Å². The molecule has 102 valence electrons. The SMILES string of the molecule is CCNc1ncnc(NCc2nc(C)no2)c1OC. The Morgan fingerprint density at radius 1 is 1.26 bits per heavy atom. The van der Waals surface area contributed by atoms with Crippen LogP contribution < -0.4 is 15.4 Å². The number of ether oxygens (including phenoxy) is 1. The van der Waals surface area contributed by atoms with Gasteiger partial charge in [0.2, 0.25) is 11.6 Å². The van der Waals surface area contributed by atoms with E-state index in [0.717, 1.165) is 6.54 Å². The van der Waals surface area contributed by atoms with E-state index in [9.17, 15) is 0 Å². The molecule has 0 unspecified atom stereocenters. The van der Waals surface area contributed by atoms with E-state index in [1.165, 1.54) is 6.33 Å². The van der Waals surface area contributed by atoms with E-state index in [4.69, 9.17) is 9.26 Å². The third kappa shape index (κ3) is 3.09. The van der Waals surface area contributed by atoms with Crippen molar-refractivity contribution in [1.82, 2.24) is 20.1 Å². The molecule has 2 N–H and O–H groups in total. The number of hydrogen-bond acceptors (Lipinski definition) is 8. The maximum atomic E-state index is 5.31. The predicted molar refractivity (Wildman–Crippen MR) is 69.1 cm³/mol. The summed E-state index contributed by atoms with van der Waals surface area (Å²) in [6, 6.07) is 0. The molecule has 2 aromatic rings. The Morgan fingerprint density at radius 3 is 2.58 bits per heavy atom. The fourth-order valence-corrected chi connectivity index (χ4v) is 1.56. The number of rotatable bonds is 6.